The molecular formula is C29H27O13+. The van der Waals surface area contributed by atoms with Crippen LogP contribution >= 0.6 is 0 Å². The van der Waals surface area contributed by atoms with Gasteiger partial charge in [-0.1, -0.05) is 12.1 Å². The van der Waals surface area contributed by atoms with Crippen LogP contribution in [0.5, 0.6) is 40.2 Å². The van der Waals surface area contributed by atoms with Crippen LogP contribution in [-0.2, 0) is 4.74 Å². The average molecular weight is 584 g/mol. The molecule has 6 unspecified atom stereocenters. The predicted molar refractivity (Wildman–Crippen MR) is 143 cm³/mol. The van der Waals surface area contributed by atoms with Gasteiger partial charge in [-0.3, -0.25) is 4.74 Å². The van der Waals surface area contributed by atoms with Crippen molar-refractivity contribution < 1.29 is 64.9 Å². The highest BCUT2D eigenvalue weighted by Crippen LogP contribution is 2.53. The molecule has 0 amide bonds. The SMILES string of the molecule is OCC1OC([OH+]C2=C(c3cc(O)c(O)c(O)c3)Oc3cc(O)cc4c3C2=CC(c2ccc(O)cc2)O4)C(O)C(O)C1O. The monoisotopic (exact) mass is 583 g/mol. The molecule has 1 fully saturated rings. The Bertz CT molecular complexity index is 1570. The number of phenolic OH excluding ortho intramolecular Hbond substituents is 5. The molecule has 3 aromatic carbocycles. The van der Waals surface area contributed by atoms with E-state index in [1.807, 2.05) is 0 Å². The maximum atomic E-state index is 10.8. The van der Waals surface area contributed by atoms with E-state index >= 15 is 0 Å². The summed E-state index contributed by atoms with van der Waals surface area (Å²) < 4.78 is 22.4. The molecule has 6 atom stereocenters. The minimum absolute atomic E-state index is 0.0182. The summed E-state index contributed by atoms with van der Waals surface area (Å²) >= 11 is 0. The van der Waals surface area contributed by atoms with Gasteiger partial charge in [-0.2, -0.15) is 0 Å². The van der Waals surface area contributed by atoms with Crippen LogP contribution < -0.4 is 9.47 Å². The Kier molecular flexibility index (Phi) is 6.75. The fourth-order valence-electron chi connectivity index (χ4n) is 5.10. The summed E-state index contributed by atoms with van der Waals surface area (Å²) in [5.74, 6) is -2.15. The highest BCUT2D eigenvalue weighted by Gasteiger charge is 2.49. The number of rotatable bonds is 5. The van der Waals surface area contributed by atoms with Crippen LogP contribution in [0.25, 0.3) is 11.3 Å². The second-order valence-electron chi connectivity index (χ2n) is 10.0. The predicted octanol–water partition coefficient (Wildman–Crippen LogP) is 0.821. The van der Waals surface area contributed by atoms with Crippen molar-refractivity contribution in [3.05, 3.63) is 77.1 Å². The smallest absolute Gasteiger partial charge is 0.326 e. The zero-order chi connectivity index (χ0) is 29.9. The molecule has 3 aliphatic heterocycles. The van der Waals surface area contributed by atoms with Crippen molar-refractivity contribution >= 4 is 11.3 Å². The molecule has 13 nitrogen and oxygen atoms in total. The van der Waals surface area contributed by atoms with Crippen molar-refractivity contribution in [3.63, 3.8) is 0 Å². The highest BCUT2D eigenvalue weighted by molar-refractivity contribution is 5.95. The number of benzene rings is 3. The largest absolute Gasteiger partial charge is 0.555 e. The van der Waals surface area contributed by atoms with E-state index in [0.717, 1.165) is 12.1 Å². The van der Waals surface area contributed by atoms with Crippen molar-refractivity contribution in [2.24, 2.45) is 0 Å². The van der Waals surface area contributed by atoms with Crippen molar-refractivity contribution in [1.29, 1.82) is 0 Å². The summed E-state index contributed by atoms with van der Waals surface area (Å²) in [6.45, 7) is -0.690. The van der Waals surface area contributed by atoms with Gasteiger partial charge in [0.25, 0.3) is 0 Å². The topological polar surface area (TPSA) is 223 Å². The molecule has 3 aromatic rings. The van der Waals surface area contributed by atoms with Crippen molar-refractivity contribution in [1.82, 2.24) is 0 Å². The summed E-state index contributed by atoms with van der Waals surface area (Å²) in [5.41, 5.74) is 1.32. The number of allylic oxidation sites excluding steroid dienone is 1. The van der Waals surface area contributed by atoms with Crippen LogP contribution in [0.15, 0.2) is 60.4 Å². The second kappa shape index (κ2) is 10.3. The molecule has 0 aromatic heterocycles. The molecule has 0 spiro atoms. The van der Waals surface area contributed by atoms with Crippen LogP contribution in [0.4, 0.5) is 0 Å². The number of hydrogen-bond acceptors (Lipinski definition) is 12. The van der Waals surface area contributed by atoms with Gasteiger partial charge >= 0.3 is 12.0 Å². The summed E-state index contributed by atoms with van der Waals surface area (Å²) in [4.78, 5) is 0. The zero-order valence-corrected chi connectivity index (χ0v) is 21.6. The molecule has 10 N–H and O–H groups in total. The van der Waals surface area contributed by atoms with Crippen LogP contribution in [0.3, 0.4) is 0 Å². The summed E-state index contributed by atoms with van der Waals surface area (Å²) in [6, 6.07) is 11.0. The lowest BCUT2D eigenvalue weighted by Gasteiger charge is -2.39. The Balaban J connectivity index is 1.55. The van der Waals surface area contributed by atoms with E-state index in [0.29, 0.717) is 16.7 Å². The lowest BCUT2D eigenvalue weighted by Crippen LogP contribution is -2.60. The van der Waals surface area contributed by atoms with E-state index in [9.17, 15) is 46.0 Å². The molecule has 0 bridgehead atoms. The van der Waals surface area contributed by atoms with E-state index in [2.05, 4.69) is 4.74 Å². The number of aliphatic hydroxyl groups is 6. The standard InChI is InChI=1S/C29H26O13/c30-10-21-24(36)25(37)26(38)29(41-21)42-28-15-9-18(11-1-3-13(31)4-2-11)39-19-7-14(32)8-20(22(15)19)40-27(28)12-5-16(33)23(35)17(34)6-12/h1-9,18,21,24-26,29-38H,10H2/p+1. The van der Waals surface area contributed by atoms with Gasteiger partial charge in [0.15, 0.2) is 23.4 Å². The molecule has 220 valence electrons. The molecule has 13 heteroatoms. The van der Waals surface area contributed by atoms with Crippen molar-refractivity contribution in [2.45, 2.75) is 36.8 Å². The Morgan fingerprint density at radius 3 is 2.10 bits per heavy atom. The number of phenols is 5. The third kappa shape index (κ3) is 4.58. The zero-order valence-electron chi connectivity index (χ0n) is 21.6. The number of hydrogen-bond donors (Lipinski definition) is 9. The van der Waals surface area contributed by atoms with E-state index in [1.165, 1.54) is 24.3 Å². The summed E-state index contributed by atoms with van der Waals surface area (Å²) in [6.07, 6.45) is -7.04. The second-order valence-corrected chi connectivity index (χ2v) is 10.0. The summed E-state index contributed by atoms with van der Waals surface area (Å²) in [5, 5.41) is 91.8. The first-order valence-electron chi connectivity index (χ1n) is 12.8. The van der Waals surface area contributed by atoms with Crippen molar-refractivity contribution in [2.75, 3.05) is 6.61 Å². The van der Waals surface area contributed by atoms with Gasteiger partial charge in [0.1, 0.15) is 47.4 Å². The minimum atomic E-state index is -1.74. The van der Waals surface area contributed by atoms with E-state index in [-0.39, 0.29) is 40.1 Å². The molecule has 1 saturated heterocycles. The van der Waals surface area contributed by atoms with E-state index in [1.54, 1.807) is 18.2 Å². The van der Waals surface area contributed by atoms with Crippen LogP contribution in [0, 0.1) is 0 Å². The quantitative estimate of drug-likeness (QED) is 0.150. The Morgan fingerprint density at radius 1 is 0.762 bits per heavy atom. The number of aromatic hydroxyl groups is 5. The lowest BCUT2D eigenvalue weighted by molar-refractivity contribution is -0.330. The third-order valence-electron chi connectivity index (χ3n) is 7.25. The van der Waals surface area contributed by atoms with Crippen LogP contribution in [-0.4, -0.2) is 88.0 Å². The van der Waals surface area contributed by atoms with E-state index < -0.39 is 60.7 Å². The van der Waals surface area contributed by atoms with Gasteiger partial charge in [-0.15, -0.1) is 0 Å². The van der Waals surface area contributed by atoms with Gasteiger partial charge in [0, 0.05) is 17.7 Å². The first-order chi connectivity index (χ1) is 20.0. The maximum Gasteiger partial charge on any atom is 0.326 e. The fraction of sp³-hybridized carbons (Fsp3) is 0.241. The highest BCUT2D eigenvalue weighted by atomic mass is 16.7. The molecule has 6 rings (SSSR count). The molecule has 42 heavy (non-hydrogen) atoms. The lowest BCUT2D eigenvalue weighted by atomic mass is 9.91. The van der Waals surface area contributed by atoms with Crippen LogP contribution in [0.1, 0.15) is 22.8 Å². The first-order valence-corrected chi connectivity index (χ1v) is 12.8. The molecule has 0 aliphatic carbocycles. The fourth-order valence-corrected chi connectivity index (χ4v) is 5.10. The van der Waals surface area contributed by atoms with Gasteiger partial charge in [-0.05, 0) is 35.9 Å². The maximum absolute atomic E-state index is 10.8. The van der Waals surface area contributed by atoms with Gasteiger partial charge in [0.2, 0.25) is 5.76 Å². The Hall–Kier alpha value is -4.66. The van der Waals surface area contributed by atoms with Crippen molar-refractivity contribution in [3.8, 4) is 40.2 Å². The van der Waals surface area contributed by atoms with Gasteiger partial charge < -0.3 is 60.2 Å². The molecule has 0 radical (unpaired) electrons. The van der Waals surface area contributed by atoms with Gasteiger partial charge in [-0.25, -0.2) is 0 Å². The van der Waals surface area contributed by atoms with Crippen LogP contribution in [0.2, 0.25) is 0 Å². The number of aliphatic hydroxyl groups excluding tert-OH is 4. The average Bonchev–Trinajstić information content (AvgIpc) is 2.96. The first kappa shape index (κ1) is 27.5. The molecular weight excluding hydrogens is 556 g/mol. The summed E-state index contributed by atoms with van der Waals surface area (Å²) in [7, 11) is 0. The van der Waals surface area contributed by atoms with Gasteiger partial charge in [0.05, 0.1) is 17.7 Å². The normalized spacial score (nSPS) is 26.5. The third-order valence-corrected chi connectivity index (χ3v) is 7.25. The Labute approximate surface area is 237 Å². The number of ether oxygens (including phenoxy) is 4. The minimum Gasteiger partial charge on any atom is -0.555 e. The van der Waals surface area contributed by atoms with E-state index in [4.69, 9.17) is 14.2 Å². The molecule has 0 saturated carbocycles. The molecule has 3 aliphatic rings. The molecule has 3 heterocycles. The Morgan fingerprint density at radius 2 is 1.43 bits per heavy atom.